The number of hydrogen-bond donors (Lipinski definition) is 3. The van der Waals surface area contributed by atoms with E-state index < -0.39 is 17.1 Å². The predicted molar refractivity (Wildman–Crippen MR) is 86.3 cm³/mol. The second-order valence-corrected chi connectivity index (χ2v) is 6.67. The maximum absolute atomic E-state index is 12.1. The average Bonchev–Trinajstić information content (AvgIpc) is 2.55. The summed E-state index contributed by atoms with van der Waals surface area (Å²) in [5.74, 6) is 0. The molecule has 0 saturated carbocycles. The van der Waals surface area contributed by atoms with Gasteiger partial charge in [0.15, 0.2) is 0 Å². The molecule has 0 heterocycles. The summed E-state index contributed by atoms with van der Waals surface area (Å²) in [7, 11) is -5.18. The van der Waals surface area contributed by atoms with E-state index in [0.717, 1.165) is 5.56 Å². The molecule has 0 atom stereocenters. The number of nitriles is 1. The van der Waals surface area contributed by atoms with Gasteiger partial charge in [-0.3, -0.25) is 0 Å². The summed E-state index contributed by atoms with van der Waals surface area (Å²) in [5.41, 5.74) is 1.52. The Morgan fingerprint density at radius 1 is 1.13 bits per heavy atom. The van der Waals surface area contributed by atoms with Crippen LogP contribution in [0.4, 0.5) is 0 Å². The highest BCUT2D eigenvalue weighted by molar-refractivity contribution is 7.89. The summed E-state index contributed by atoms with van der Waals surface area (Å²) < 4.78 is 26.8. The zero-order valence-electron chi connectivity index (χ0n) is 12.2. The molecular weight excluding hydrogens is 315 g/mol. The fraction of sp³-hybridized carbons (Fsp3) is 0.133. The lowest BCUT2D eigenvalue weighted by Gasteiger charge is -2.07. The first kappa shape index (κ1) is 17.2. The summed E-state index contributed by atoms with van der Waals surface area (Å²) in [6.07, 6.45) is 0.457. The van der Waals surface area contributed by atoms with Gasteiger partial charge in [0.25, 0.3) is 0 Å². The molecule has 2 aromatic carbocycles. The van der Waals surface area contributed by atoms with Gasteiger partial charge in [0, 0.05) is 6.54 Å². The summed E-state index contributed by atoms with van der Waals surface area (Å²) in [4.78, 5) is 0.0512. The van der Waals surface area contributed by atoms with Gasteiger partial charge in [0.05, 0.1) is 16.5 Å². The van der Waals surface area contributed by atoms with E-state index in [-0.39, 0.29) is 17.0 Å². The van der Waals surface area contributed by atoms with Crippen LogP contribution in [0.1, 0.15) is 11.1 Å². The quantitative estimate of drug-likeness (QED) is 0.633. The highest BCUT2D eigenvalue weighted by Gasteiger charge is 2.14. The van der Waals surface area contributed by atoms with Gasteiger partial charge in [-0.05, 0) is 35.6 Å². The number of sulfonamides is 1. The molecule has 0 amide bonds. The van der Waals surface area contributed by atoms with E-state index >= 15 is 0 Å². The zero-order chi connectivity index (χ0) is 16.9. The standard InChI is InChI=1S/C15H15BN2O4S/c17-11-13-2-1-3-15(10-13)23(21,22)18-9-8-12-4-6-14(7-5-12)16(19)20/h1-7,10,18-20H,8-9H2. The Morgan fingerprint density at radius 3 is 2.43 bits per heavy atom. The van der Waals surface area contributed by atoms with Crippen molar-refractivity contribution in [2.24, 2.45) is 0 Å². The van der Waals surface area contributed by atoms with Crippen LogP contribution in [0, 0.1) is 11.3 Å². The summed E-state index contributed by atoms with van der Waals surface area (Å²) >= 11 is 0. The molecule has 2 rings (SSSR count). The van der Waals surface area contributed by atoms with Crippen LogP contribution in [0.5, 0.6) is 0 Å². The van der Waals surface area contributed by atoms with E-state index in [1.54, 1.807) is 24.3 Å². The van der Waals surface area contributed by atoms with Gasteiger partial charge >= 0.3 is 7.12 Å². The Hall–Kier alpha value is -2.18. The van der Waals surface area contributed by atoms with E-state index in [4.69, 9.17) is 15.3 Å². The van der Waals surface area contributed by atoms with Crippen molar-refractivity contribution in [3.63, 3.8) is 0 Å². The van der Waals surface area contributed by atoms with Crippen molar-refractivity contribution in [2.75, 3.05) is 6.54 Å². The Kier molecular flexibility index (Phi) is 5.52. The normalized spacial score (nSPS) is 11.0. The van der Waals surface area contributed by atoms with E-state index in [0.29, 0.717) is 11.9 Å². The maximum Gasteiger partial charge on any atom is 0.488 e. The van der Waals surface area contributed by atoms with Gasteiger partial charge in [0.2, 0.25) is 10.0 Å². The van der Waals surface area contributed by atoms with Crippen molar-refractivity contribution in [2.45, 2.75) is 11.3 Å². The number of rotatable bonds is 6. The lowest BCUT2D eigenvalue weighted by Crippen LogP contribution is -2.29. The molecule has 0 aliphatic rings. The fourth-order valence-electron chi connectivity index (χ4n) is 2.00. The molecule has 6 nitrogen and oxygen atoms in total. The molecular formula is C15H15BN2O4S. The molecule has 8 heteroatoms. The van der Waals surface area contributed by atoms with Gasteiger partial charge in [0.1, 0.15) is 0 Å². The first-order chi connectivity index (χ1) is 10.9. The molecule has 118 valence electrons. The number of benzene rings is 2. The van der Waals surface area contributed by atoms with E-state index in [1.807, 2.05) is 6.07 Å². The van der Waals surface area contributed by atoms with Gasteiger partial charge in [-0.2, -0.15) is 5.26 Å². The minimum Gasteiger partial charge on any atom is -0.423 e. The molecule has 2 aromatic rings. The third-order valence-corrected chi connectivity index (χ3v) is 4.72. The van der Waals surface area contributed by atoms with E-state index in [9.17, 15) is 8.42 Å². The first-order valence-electron chi connectivity index (χ1n) is 6.87. The molecule has 0 spiro atoms. The van der Waals surface area contributed by atoms with Gasteiger partial charge in [-0.25, -0.2) is 13.1 Å². The van der Waals surface area contributed by atoms with E-state index in [1.165, 1.54) is 24.3 Å². The summed E-state index contributed by atoms with van der Waals surface area (Å²) in [6, 6.07) is 14.3. The molecule has 23 heavy (non-hydrogen) atoms. The van der Waals surface area contributed by atoms with Crippen molar-refractivity contribution < 1.29 is 18.5 Å². The van der Waals surface area contributed by atoms with Crippen molar-refractivity contribution >= 4 is 22.6 Å². The Balaban J connectivity index is 1.98. The Labute approximate surface area is 135 Å². The fourth-order valence-corrected chi connectivity index (χ4v) is 3.08. The molecule has 3 N–H and O–H groups in total. The Morgan fingerprint density at radius 2 is 1.83 bits per heavy atom. The predicted octanol–water partition coefficient (Wildman–Crippen LogP) is -0.241. The molecule has 0 radical (unpaired) electrons. The second-order valence-electron chi connectivity index (χ2n) is 4.90. The zero-order valence-corrected chi connectivity index (χ0v) is 13.0. The minimum atomic E-state index is -3.67. The van der Waals surface area contributed by atoms with Crippen LogP contribution in [-0.2, 0) is 16.4 Å². The SMILES string of the molecule is N#Cc1cccc(S(=O)(=O)NCCc2ccc(B(O)O)cc2)c1. The highest BCUT2D eigenvalue weighted by atomic mass is 32.2. The molecule has 0 aliphatic heterocycles. The summed E-state index contributed by atoms with van der Waals surface area (Å²) in [6.45, 7) is 0.195. The van der Waals surface area contributed by atoms with Crippen LogP contribution >= 0.6 is 0 Å². The van der Waals surface area contributed by atoms with Crippen molar-refractivity contribution in [3.8, 4) is 6.07 Å². The van der Waals surface area contributed by atoms with Crippen LogP contribution in [-0.4, -0.2) is 32.1 Å². The third-order valence-electron chi connectivity index (χ3n) is 3.26. The Bertz CT molecular complexity index is 814. The molecule has 0 fully saturated rings. The van der Waals surface area contributed by atoms with Gasteiger partial charge in [-0.1, -0.05) is 30.3 Å². The number of nitrogens with zero attached hydrogens (tertiary/aromatic N) is 1. The summed E-state index contributed by atoms with van der Waals surface area (Å²) in [5, 5.41) is 26.8. The smallest absolute Gasteiger partial charge is 0.423 e. The van der Waals surface area contributed by atoms with E-state index in [2.05, 4.69) is 4.72 Å². The van der Waals surface area contributed by atoms with Crippen LogP contribution in [0.3, 0.4) is 0 Å². The first-order valence-corrected chi connectivity index (χ1v) is 8.35. The van der Waals surface area contributed by atoms with Gasteiger partial charge in [-0.15, -0.1) is 0 Å². The minimum absolute atomic E-state index is 0.0512. The lowest BCUT2D eigenvalue weighted by atomic mass is 9.80. The van der Waals surface area contributed by atoms with Crippen LogP contribution in [0.15, 0.2) is 53.4 Å². The van der Waals surface area contributed by atoms with Gasteiger partial charge < -0.3 is 10.0 Å². The molecule has 0 unspecified atom stereocenters. The van der Waals surface area contributed by atoms with Crippen molar-refractivity contribution in [1.29, 1.82) is 5.26 Å². The topological polar surface area (TPSA) is 110 Å². The lowest BCUT2D eigenvalue weighted by molar-refractivity contribution is 0.426. The molecule has 0 aromatic heterocycles. The van der Waals surface area contributed by atoms with Crippen LogP contribution in [0.25, 0.3) is 0 Å². The number of nitrogens with one attached hydrogen (secondary N) is 1. The second kappa shape index (κ2) is 7.39. The average molecular weight is 330 g/mol. The molecule has 0 saturated heterocycles. The van der Waals surface area contributed by atoms with Crippen LogP contribution in [0.2, 0.25) is 0 Å². The third kappa shape index (κ3) is 4.64. The monoisotopic (exact) mass is 330 g/mol. The highest BCUT2D eigenvalue weighted by Crippen LogP contribution is 2.10. The van der Waals surface area contributed by atoms with Crippen molar-refractivity contribution in [3.05, 3.63) is 59.7 Å². The molecule has 0 bridgehead atoms. The maximum atomic E-state index is 12.1. The molecule has 0 aliphatic carbocycles. The number of hydrogen-bond acceptors (Lipinski definition) is 5. The van der Waals surface area contributed by atoms with Crippen LogP contribution < -0.4 is 10.2 Å². The largest absolute Gasteiger partial charge is 0.488 e. The van der Waals surface area contributed by atoms with Crippen molar-refractivity contribution in [1.82, 2.24) is 4.72 Å².